The van der Waals surface area contributed by atoms with Gasteiger partial charge in [0.2, 0.25) is 11.8 Å². The summed E-state index contributed by atoms with van der Waals surface area (Å²) >= 11 is 0. The Labute approximate surface area is 266 Å². The summed E-state index contributed by atoms with van der Waals surface area (Å²) in [4.78, 5) is 29.2. The minimum absolute atomic E-state index is 0.0528. The lowest BCUT2D eigenvalue weighted by molar-refractivity contribution is -0.140. The molecule has 1 atom stereocenters. The number of para-hydroxylation sites is 1. The van der Waals surface area contributed by atoms with Crippen molar-refractivity contribution < 1.29 is 22.7 Å². The summed E-state index contributed by atoms with van der Waals surface area (Å²) in [6, 6.07) is 30.8. The van der Waals surface area contributed by atoms with Crippen molar-refractivity contribution in [1.29, 1.82) is 0 Å². The smallest absolute Gasteiger partial charge is 0.264 e. The van der Waals surface area contributed by atoms with Crippen molar-refractivity contribution in [2.75, 3.05) is 17.4 Å². The third-order valence-electron chi connectivity index (χ3n) is 7.36. The van der Waals surface area contributed by atoms with Crippen molar-refractivity contribution in [2.24, 2.45) is 0 Å². The van der Waals surface area contributed by atoms with Crippen LogP contribution in [-0.4, -0.2) is 44.3 Å². The van der Waals surface area contributed by atoms with E-state index in [1.54, 1.807) is 42.5 Å². The molecule has 0 fully saturated rings. The fourth-order valence-electron chi connectivity index (χ4n) is 4.99. The van der Waals surface area contributed by atoms with E-state index in [9.17, 15) is 18.0 Å². The van der Waals surface area contributed by atoms with Gasteiger partial charge in [-0.25, -0.2) is 8.42 Å². The van der Waals surface area contributed by atoms with Crippen LogP contribution >= 0.6 is 0 Å². The number of aryl methyl sites for hydroxylation is 1. The summed E-state index contributed by atoms with van der Waals surface area (Å²) < 4.78 is 35.1. The normalized spacial score (nSPS) is 11.8. The Bertz CT molecular complexity index is 1650. The van der Waals surface area contributed by atoms with Crippen molar-refractivity contribution in [3.63, 3.8) is 0 Å². The molecule has 9 heteroatoms. The van der Waals surface area contributed by atoms with Crippen molar-refractivity contribution in [3.05, 3.63) is 120 Å². The Morgan fingerprint density at radius 1 is 0.822 bits per heavy atom. The first-order valence-corrected chi connectivity index (χ1v) is 16.7. The van der Waals surface area contributed by atoms with Crippen LogP contribution in [0.15, 0.2) is 114 Å². The van der Waals surface area contributed by atoms with E-state index >= 15 is 0 Å². The SMILES string of the molecule is CCCCNC(=O)C(CC)N(Cc1cccc(C)c1)C(=O)CN(c1ccc(Oc2ccccc2)cc1)S(=O)(=O)c1ccccc1. The van der Waals surface area contributed by atoms with E-state index in [0.717, 1.165) is 28.3 Å². The molecule has 0 saturated heterocycles. The lowest BCUT2D eigenvalue weighted by atomic mass is 10.1. The van der Waals surface area contributed by atoms with Crippen LogP contribution in [0.2, 0.25) is 0 Å². The van der Waals surface area contributed by atoms with Crippen LogP contribution in [0.25, 0.3) is 0 Å². The molecular weight excluding hydrogens is 586 g/mol. The Kier molecular flexibility index (Phi) is 11.8. The number of nitrogens with zero attached hydrogens (tertiary/aromatic N) is 2. The molecule has 4 aromatic carbocycles. The van der Waals surface area contributed by atoms with Gasteiger partial charge >= 0.3 is 0 Å². The zero-order valence-electron chi connectivity index (χ0n) is 26.1. The van der Waals surface area contributed by atoms with Gasteiger partial charge in [-0.05, 0) is 73.9 Å². The van der Waals surface area contributed by atoms with E-state index in [2.05, 4.69) is 5.32 Å². The van der Waals surface area contributed by atoms with E-state index in [1.807, 2.05) is 75.4 Å². The lowest BCUT2D eigenvalue weighted by Gasteiger charge is -2.33. The van der Waals surface area contributed by atoms with Gasteiger partial charge in [0.05, 0.1) is 10.6 Å². The van der Waals surface area contributed by atoms with Crippen molar-refractivity contribution in [1.82, 2.24) is 10.2 Å². The molecule has 4 aromatic rings. The van der Waals surface area contributed by atoms with Gasteiger partial charge in [0.1, 0.15) is 24.1 Å². The molecule has 236 valence electrons. The van der Waals surface area contributed by atoms with Crippen LogP contribution in [-0.2, 0) is 26.2 Å². The Hall–Kier alpha value is -4.63. The first-order chi connectivity index (χ1) is 21.7. The predicted molar refractivity (Wildman–Crippen MR) is 178 cm³/mol. The topological polar surface area (TPSA) is 96.0 Å². The molecule has 4 rings (SSSR count). The summed E-state index contributed by atoms with van der Waals surface area (Å²) in [6.07, 6.45) is 2.11. The maximum atomic E-state index is 14.3. The highest BCUT2D eigenvalue weighted by atomic mass is 32.2. The Morgan fingerprint density at radius 2 is 1.47 bits per heavy atom. The molecule has 0 spiro atoms. The number of unbranched alkanes of at least 4 members (excludes halogenated alkanes) is 1. The zero-order valence-corrected chi connectivity index (χ0v) is 26.9. The van der Waals surface area contributed by atoms with Crippen LogP contribution in [0.1, 0.15) is 44.2 Å². The number of sulfonamides is 1. The summed E-state index contributed by atoms with van der Waals surface area (Å²) in [5.41, 5.74) is 2.16. The molecule has 0 heterocycles. The summed E-state index contributed by atoms with van der Waals surface area (Å²) in [6.45, 7) is 6.02. The number of hydrogen-bond acceptors (Lipinski definition) is 5. The summed E-state index contributed by atoms with van der Waals surface area (Å²) in [7, 11) is -4.16. The van der Waals surface area contributed by atoms with E-state index in [0.29, 0.717) is 30.2 Å². The summed E-state index contributed by atoms with van der Waals surface area (Å²) in [5, 5.41) is 2.96. The van der Waals surface area contributed by atoms with Gasteiger partial charge < -0.3 is 15.0 Å². The molecule has 0 aliphatic carbocycles. The number of ether oxygens (including phenoxy) is 1. The van der Waals surface area contributed by atoms with Crippen molar-refractivity contribution >= 4 is 27.5 Å². The number of benzene rings is 4. The zero-order chi connectivity index (χ0) is 32.2. The first kappa shape index (κ1) is 33.3. The van der Waals surface area contributed by atoms with Crippen molar-refractivity contribution in [2.45, 2.75) is 57.5 Å². The fraction of sp³-hybridized carbons (Fsp3) is 0.278. The van der Waals surface area contributed by atoms with Gasteiger partial charge in [-0.2, -0.15) is 0 Å². The molecule has 1 unspecified atom stereocenters. The predicted octanol–water partition coefficient (Wildman–Crippen LogP) is 6.71. The van der Waals surface area contributed by atoms with E-state index < -0.39 is 28.5 Å². The largest absolute Gasteiger partial charge is 0.457 e. The number of rotatable bonds is 15. The van der Waals surface area contributed by atoms with Gasteiger partial charge in [0.15, 0.2) is 0 Å². The molecule has 0 aliphatic rings. The minimum atomic E-state index is -4.16. The molecule has 1 N–H and O–H groups in total. The Balaban J connectivity index is 1.70. The third kappa shape index (κ3) is 8.95. The maximum Gasteiger partial charge on any atom is 0.264 e. The van der Waals surface area contributed by atoms with Crippen LogP contribution in [0.3, 0.4) is 0 Å². The van der Waals surface area contributed by atoms with Crippen molar-refractivity contribution in [3.8, 4) is 11.5 Å². The van der Waals surface area contributed by atoms with E-state index in [4.69, 9.17) is 4.74 Å². The molecule has 0 aliphatic heterocycles. The van der Waals surface area contributed by atoms with Gasteiger partial charge in [-0.3, -0.25) is 13.9 Å². The molecule has 2 amide bonds. The average molecular weight is 628 g/mol. The van der Waals surface area contributed by atoms with E-state index in [1.165, 1.54) is 17.0 Å². The third-order valence-corrected chi connectivity index (χ3v) is 9.15. The minimum Gasteiger partial charge on any atom is -0.457 e. The maximum absolute atomic E-state index is 14.3. The highest BCUT2D eigenvalue weighted by molar-refractivity contribution is 7.92. The number of hydrogen-bond donors (Lipinski definition) is 1. The highest BCUT2D eigenvalue weighted by Gasteiger charge is 2.33. The van der Waals surface area contributed by atoms with Crippen LogP contribution in [0, 0.1) is 6.92 Å². The average Bonchev–Trinajstić information content (AvgIpc) is 3.05. The quantitative estimate of drug-likeness (QED) is 0.148. The van der Waals surface area contributed by atoms with Gasteiger partial charge in [0, 0.05) is 13.1 Å². The molecule has 0 saturated carbocycles. The second-order valence-corrected chi connectivity index (χ2v) is 12.7. The highest BCUT2D eigenvalue weighted by Crippen LogP contribution is 2.28. The second kappa shape index (κ2) is 15.9. The number of anilines is 1. The Morgan fingerprint density at radius 3 is 2.09 bits per heavy atom. The number of nitrogens with one attached hydrogen (secondary N) is 1. The molecular formula is C36H41N3O5S. The van der Waals surface area contributed by atoms with E-state index in [-0.39, 0.29) is 17.3 Å². The molecule has 8 nitrogen and oxygen atoms in total. The fourth-order valence-corrected chi connectivity index (χ4v) is 6.42. The monoisotopic (exact) mass is 627 g/mol. The number of amides is 2. The lowest BCUT2D eigenvalue weighted by Crippen LogP contribution is -2.52. The summed E-state index contributed by atoms with van der Waals surface area (Å²) in [5.74, 6) is 0.415. The van der Waals surface area contributed by atoms with Gasteiger partial charge in [-0.1, -0.05) is 86.5 Å². The van der Waals surface area contributed by atoms with Gasteiger partial charge in [-0.15, -0.1) is 0 Å². The van der Waals surface area contributed by atoms with Crippen LogP contribution in [0.4, 0.5) is 5.69 Å². The molecule has 0 radical (unpaired) electrons. The molecule has 0 aromatic heterocycles. The second-order valence-electron chi connectivity index (χ2n) is 10.8. The first-order valence-electron chi connectivity index (χ1n) is 15.3. The van der Waals surface area contributed by atoms with Crippen LogP contribution < -0.4 is 14.4 Å². The van der Waals surface area contributed by atoms with Crippen LogP contribution in [0.5, 0.6) is 11.5 Å². The molecule has 0 bridgehead atoms. The number of carbonyl (C=O) groups is 2. The number of carbonyl (C=O) groups excluding carboxylic acids is 2. The molecule has 45 heavy (non-hydrogen) atoms. The van der Waals surface area contributed by atoms with Gasteiger partial charge in [0.25, 0.3) is 10.0 Å². The standard InChI is InChI=1S/C36H41N3O5S/c1-4-6-24-37-36(41)34(5-2)38(26-29-15-13-14-28(3)25-29)35(40)27-39(45(42,43)33-18-11-8-12-19-33)30-20-22-32(23-21-30)44-31-16-9-7-10-17-31/h7-23,25,34H,4-6,24,26-27H2,1-3H3,(H,37,41).